The highest BCUT2D eigenvalue weighted by molar-refractivity contribution is 7.99. The van der Waals surface area contributed by atoms with E-state index >= 15 is 0 Å². The van der Waals surface area contributed by atoms with Gasteiger partial charge in [0.05, 0.1) is 36.1 Å². The van der Waals surface area contributed by atoms with E-state index in [-0.39, 0.29) is 6.61 Å². The number of imidazole rings is 1. The van der Waals surface area contributed by atoms with Crippen LogP contribution in [0.4, 0.5) is 0 Å². The Labute approximate surface area is 104 Å². The van der Waals surface area contributed by atoms with E-state index < -0.39 is 0 Å². The number of aryl methyl sites for hydroxylation is 2. The summed E-state index contributed by atoms with van der Waals surface area (Å²) in [5.41, 5.74) is 2.64. The van der Waals surface area contributed by atoms with Crippen molar-refractivity contribution in [2.75, 3.05) is 0 Å². The fourth-order valence-electron chi connectivity index (χ4n) is 1.33. The average molecular weight is 250 g/mol. The lowest BCUT2D eigenvalue weighted by Gasteiger charge is -2.04. The predicted molar refractivity (Wildman–Crippen MR) is 64.8 cm³/mol. The fraction of sp³-hybridized carbons (Fsp3) is 0.364. The van der Waals surface area contributed by atoms with E-state index in [4.69, 9.17) is 5.11 Å². The van der Waals surface area contributed by atoms with Crippen molar-refractivity contribution in [3.05, 3.63) is 29.5 Å². The Morgan fingerprint density at radius 1 is 1.24 bits per heavy atom. The molecular weight excluding hydrogens is 236 g/mol. The maximum Gasteiger partial charge on any atom is 0.174 e. The molecule has 0 aliphatic heterocycles. The van der Waals surface area contributed by atoms with Gasteiger partial charge in [-0.25, -0.2) is 9.97 Å². The minimum atomic E-state index is -0.0112. The Balaban J connectivity index is 2.25. The molecule has 0 unspecified atom stereocenters. The summed E-state index contributed by atoms with van der Waals surface area (Å²) in [4.78, 5) is 12.9. The molecule has 0 saturated carbocycles. The van der Waals surface area contributed by atoms with E-state index in [0.717, 1.165) is 27.3 Å². The predicted octanol–water partition coefficient (Wildman–Crippen LogP) is 1.47. The highest BCUT2D eigenvalue weighted by Crippen LogP contribution is 2.25. The molecule has 0 amide bonds. The Morgan fingerprint density at radius 3 is 2.59 bits per heavy atom. The molecule has 17 heavy (non-hydrogen) atoms. The molecule has 0 fully saturated rings. The summed E-state index contributed by atoms with van der Waals surface area (Å²) in [6.07, 6.45) is 3.40. The molecule has 0 aliphatic rings. The van der Waals surface area contributed by atoms with Crippen LogP contribution in [0.15, 0.2) is 22.6 Å². The largest absolute Gasteiger partial charge is 0.390 e. The SMILES string of the molecule is Cc1ncc(Sc2ncc(CO)n2C)nc1C. The maximum atomic E-state index is 9.08. The molecule has 0 spiro atoms. The zero-order valence-corrected chi connectivity index (χ0v) is 10.8. The van der Waals surface area contributed by atoms with Crippen molar-refractivity contribution >= 4 is 11.8 Å². The molecular formula is C11H14N4OS. The highest BCUT2D eigenvalue weighted by atomic mass is 32.2. The molecule has 2 aromatic rings. The van der Waals surface area contributed by atoms with Crippen LogP contribution in [0.3, 0.4) is 0 Å². The normalized spacial score (nSPS) is 10.8. The summed E-state index contributed by atoms with van der Waals surface area (Å²) in [5, 5.41) is 10.7. The van der Waals surface area contributed by atoms with E-state index in [0.29, 0.717) is 0 Å². The van der Waals surface area contributed by atoms with Gasteiger partial charge in [0, 0.05) is 7.05 Å². The van der Waals surface area contributed by atoms with Crippen LogP contribution >= 0.6 is 11.8 Å². The van der Waals surface area contributed by atoms with Gasteiger partial charge >= 0.3 is 0 Å². The number of aliphatic hydroxyl groups excluding tert-OH is 1. The van der Waals surface area contributed by atoms with Crippen molar-refractivity contribution in [1.82, 2.24) is 19.5 Å². The Bertz CT molecular complexity index is 538. The molecule has 1 N–H and O–H groups in total. The maximum absolute atomic E-state index is 9.08. The van der Waals surface area contributed by atoms with Crippen molar-refractivity contribution in [3.63, 3.8) is 0 Å². The summed E-state index contributed by atoms with van der Waals surface area (Å²) in [7, 11) is 1.87. The second kappa shape index (κ2) is 4.85. The van der Waals surface area contributed by atoms with Crippen LogP contribution in [0, 0.1) is 13.8 Å². The minimum Gasteiger partial charge on any atom is -0.390 e. The van der Waals surface area contributed by atoms with Gasteiger partial charge in [0.2, 0.25) is 0 Å². The molecule has 90 valence electrons. The smallest absolute Gasteiger partial charge is 0.174 e. The average Bonchev–Trinajstić information content (AvgIpc) is 2.65. The third-order valence-electron chi connectivity index (χ3n) is 2.57. The Hall–Kier alpha value is -1.40. The summed E-state index contributed by atoms with van der Waals surface area (Å²) in [5.74, 6) is 0. The molecule has 2 rings (SSSR count). The van der Waals surface area contributed by atoms with Gasteiger partial charge in [-0.3, -0.25) is 4.98 Å². The molecule has 0 saturated heterocycles. The summed E-state index contributed by atoms with van der Waals surface area (Å²) in [6.45, 7) is 3.86. The number of hydrogen-bond donors (Lipinski definition) is 1. The van der Waals surface area contributed by atoms with Crippen molar-refractivity contribution in [1.29, 1.82) is 0 Å². The Kier molecular flexibility index (Phi) is 3.44. The van der Waals surface area contributed by atoms with Gasteiger partial charge in [-0.1, -0.05) is 0 Å². The van der Waals surface area contributed by atoms with Crippen molar-refractivity contribution in [2.24, 2.45) is 7.05 Å². The van der Waals surface area contributed by atoms with E-state index in [9.17, 15) is 0 Å². The van der Waals surface area contributed by atoms with E-state index in [1.165, 1.54) is 11.8 Å². The second-order valence-corrected chi connectivity index (χ2v) is 4.72. The third kappa shape index (κ3) is 2.48. The van der Waals surface area contributed by atoms with Crippen molar-refractivity contribution in [3.8, 4) is 0 Å². The van der Waals surface area contributed by atoms with Gasteiger partial charge in [-0.15, -0.1) is 0 Å². The van der Waals surface area contributed by atoms with Crippen LogP contribution in [-0.4, -0.2) is 24.6 Å². The van der Waals surface area contributed by atoms with Crippen LogP contribution in [0.2, 0.25) is 0 Å². The van der Waals surface area contributed by atoms with Gasteiger partial charge in [-0.2, -0.15) is 0 Å². The lowest BCUT2D eigenvalue weighted by Crippen LogP contribution is -1.98. The van der Waals surface area contributed by atoms with Crippen LogP contribution in [0.1, 0.15) is 17.1 Å². The Morgan fingerprint density at radius 2 is 2.00 bits per heavy atom. The van der Waals surface area contributed by atoms with Gasteiger partial charge < -0.3 is 9.67 Å². The van der Waals surface area contributed by atoms with Gasteiger partial charge in [0.25, 0.3) is 0 Å². The van der Waals surface area contributed by atoms with Crippen LogP contribution in [0.25, 0.3) is 0 Å². The lowest BCUT2D eigenvalue weighted by atomic mass is 10.4. The summed E-state index contributed by atoms with van der Waals surface area (Å²) in [6, 6.07) is 0. The summed E-state index contributed by atoms with van der Waals surface area (Å²) < 4.78 is 1.85. The first kappa shape index (κ1) is 12.1. The van der Waals surface area contributed by atoms with Crippen molar-refractivity contribution < 1.29 is 5.11 Å². The summed E-state index contributed by atoms with van der Waals surface area (Å²) >= 11 is 1.44. The van der Waals surface area contributed by atoms with Gasteiger partial charge in [0.1, 0.15) is 5.03 Å². The number of aliphatic hydroxyl groups is 1. The standard InChI is InChI=1S/C11H14N4OS/c1-7-8(2)14-10(5-12-7)17-11-13-4-9(6-16)15(11)3/h4-5,16H,6H2,1-3H3. The minimum absolute atomic E-state index is 0.0112. The van der Waals surface area contributed by atoms with Crippen LogP contribution < -0.4 is 0 Å². The van der Waals surface area contributed by atoms with Gasteiger partial charge in [-0.05, 0) is 25.6 Å². The molecule has 0 aliphatic carbocycles. The van der Waals surface area contributed by atoms with E-state index in [1.54, 1.807) is 12.4 Å². The van der Waals surface area contributed by atoms with Crippen LogP contribution in [0.5, 0.6) is 0 Å². The van der Waals surface area contributed by atoms with Crippen LogP contribution in [-0.2, 0) is 13.7 Å². The van der Waals surface area contributed by atoms with E-state index in [2.05, 4.69) is 15.0 Å². The first-order chi connectivity index (χ1) is 8.11. The zero-order valence-electron chi connectivity index (χ0n) is 10.0. The quantitative estimate of drug-likeness (QED) is 0.893. The first-order valence-electron chi connectivity index (χ1n) is 5.21. The number of hydrogen-bond acceptors (Lipinski definition) is 5. The molecule has 6 heteroatoms. The molecule has 0 radical (unpaired) electrons. The molecule has 0 bridgehead atoms. The number of nitrogens with zero attached hydrogens (tertiary/aromatic N) is 4. The molecule has 0 aromatic carbocycles. The molecule has 0 atom stereocenters. The lowest BCUT2D eigenvalue weighted by molar-refractivity contribution is 0.271. The highest BCUT2D eigenvalue weighted by Gasteiger charge is 2.09. The third-order valence-corrected chi connectivity index (χ3v) is 3.54. The topological polar surface area (TPSA) is 63.8 Å². The monoisotopic (exact) mass is 250 g/mol. The van der Waals surface area contributed by atoms with Crippen molar-refractivity contribution in [2.45, 2.75) is 30.6 Å². The number of aromatic nitrogens is 4. The van der Waals surface area contributed by atoms with E-state index in [1.807, 2.05) is 25.5 Å². The second-order valence-electron chi connectivity index (χ2n) is 3.73. The molecule has 5 nitrogen and oxygen atoms in total. The fourth-order valence-corrected chi connectivity index (χ4v) is 2.17. The molecule has 2 heterocycles. The number of rotatable bonds is 3. The first-order valence-corrected chi connectivity index (χ1v) is 6.03. The zero-order chi connectivity index (χ0) is 12.4. The molecule has 2 aromatic heterocycles. The van der Waals surface area contributed by atoms with Gasteiger partial charge in [0.15, 0.2) is 5.16 Å².